The zero-order valence-corrected chi connectivity index (χ0v) is 27.0. The molecule has 2 atom stereocenters. The van der Waals surface area contributed by atoms with Gasteiger partial charge in [0.2, 0.25) is 0 Å². The SMILES string of the molecule is CC(C)(C)OC(=O)N1CCC[C@H]1c1ncc(-c2ccc(-c3ccc4nc([C@@H]5CC(F)(F)CN5C(=O)OC(C)(C)C)[nH]c4c3)cc2)[nH]1. The Morgan fingerprint density at radius 2 is 1.48 bits per heavy atom. The van der Waals surface area contributed by atoms with Gasteiger partial charge in [-0.25, -0.2) is 28.3 Å². The van der Waals surface area contributed by atoms with E-state index >= 15 is 0 Å². The van der Waals surface area contributed by atoms with Crippen LogP contribution in [0, 0.1) is 0 Å². The van der Waals surface area contributed by atoms with E-state index in [1.54, 1.807) is 31.9 Å². The Balaban J connectivity index is 1.19. The maximum absolute atomic E-state index is 14.5. The summed E-state index contributed by atoms with van der Waals surface area (Å²) >= 11 is 0. The topological polar surface area (TPSA) is 116 Å². The van der Waals surface area contributed by atoms with Crippen molar-refractivity contribution in [3.05, 3.63) is 60.3 Å². The molecule has 2 N–H and O–H groups in total. The third kappa shape index (κ3) is 6.70. The van der Waals surface area contributed by atoms with Crippen molar-refractivity contribution in [3.8, 4) is 22.4 Å². The van der Waals surface area contributed by atoms with E-state index in [4.69, 9.17) is 9.47 Å². The van der Waals surface area contributed by atoms with Crippen molar-refractivity contribution in [3.63, 3.8) is 0 Å². The molecule has 0 aliphatic carbocycles. The van der Waals surface area contributed by atoms with Gasteiger partial charge in [0.25, 0.3) is 5.92 Å². The molecular formula is C34H40F2N6O4. The molecule has 2 saturated heterocycles. The monoisotopic (exact) mass is 634 g/mol. The summed E-state index contributed by atoms with van der Waals surface area (Å²) in [6.07, 6.45) is 1.82. The summed E-state index contributed by atoms with van der Waals surface area (Å²) in [6, 6.07) is 12.6. The molecule has 6 rings (SSSR count). The third-order valence-electron chi connectivity index (χ3n) is 8.03. The Morgan fingerprint density at radius 1 is 0.848 bits per heavy atom. The number of carbonyl (C=O) groups excluding carboxylic acids is 2. The van der Waals surface area contributed by atoms with Gasteiger partial charge in [0.1, 0.15) is 22.9 Å². The van der Waals surface area contributed by atoms with Crippen molar-refractivity contribution < 1.29 is 27.8 Å². The number of ether oxygens (including phenoxy) is 2. The third-order valence-corrected chi connectivity index (χ3v) is 8.03. The first-order chi connectivity index (χ1) is 21.6. The Bertz CT molecular complexity index is 1750. The van der Waals surface area contributed by atoms with Crippen molar-refractivity contribution >= 4 is 23.2 Å². The number of carbonyl (C=O) groups is 2. The molecule has 0 spiro atoms. The fourth-order valence-electron chi connectivity index (χ4n) is 6.03. The summed E-state index contributed by atoms with van der Waals surface area (Å²) < 4.78 is 40.0. The summed E-state index contributed by atoms with van der Waals surface area (Å²) in [7, 11) is 0. The molecule has 2 amide bonds. The summed E-state index contributed by atoms with van der Waals surface area (Å²) in [6.45, 7) is 10.6. The van der Waals surface area contributed by atoms with Crippen LogP contribution in [0.5, 0.6) is 0 Å². The van der Waals surface area contributed by atoms with Crippen molar-refractivity contribution in [1.82, 2.24) is 29.7 Å². The number of fused-ring (bicyclic) bond motifs is 1. The van der Waals surface area contributed by atoms with E-state index in [2.05, 4.69) is 19.9 Å². The average Bonchev–Trinajstić information content (AvgIpc) is 3.75. The molecule has 2 aliphatic heterocycles. The average molecular weight is 635 g/mol. The van der Waals surface area contributed by atoms with Crippen molar-refractivity contribution in [2.24, 2.45) is 0 Å². The minimum atomic E-state index is -3.04. The fraction of sp³-hybridized carbons (Fsp3) is 0.471. The van der Waals surface area contributed by atoms with Crippen LogP contribution in [0.3, 0.4) is 0 Å². The van der Waals surface area contributed by atoms with Gasteiger partial charge in [0.15, 0.2) is 0 Å². The van der Waals surface area contributed by atoms with Gasteiger partial charge in [-0.1, -0.05) is 30.3 Å². The van der Waals surface area contributed by atoms with Crippen LogP contribution in [0.1, 0.15) is 84.5 Å². The number of amides is 2. The number of alkyl halides is 2. The normalized spacial score (nSPS) is 20.0. The molecule has 244 valence electrons. The van der Waals surface area contributed by atoms with Crippen LogP contribution in [0.25, 0.3) is 33.4 Å². The van der Waals surface area contributed by atoms with Crippen LogP contribution >= 0.6 is 0 Å². The van der Waals surface area contributed by atoms with Gasteiger partial charge in [-0.05, 0) is 83.2 Å². The van der Waals surface area contributed by atoms with Gasteiger partial charge in [-0.15, -0.1) is 0 Å². The standard InChI is InChI=1S/C34H40F2N6O4/c1-32(2,3)45-30(43)41-15-7-8-26(41)28-37-18-25(40-28)21-11-9-20(10-12-21)22-13-14-23-24(16-22)39-29(38-23)27-17-34(35,36)19-42(27)31(44)46-33(4,5)6/h9-14,16,18,26-27H,7-8,15,17,19H2,1-6H3,(H,37,40)(H,38,39)/t26-,27-/m0/s1. The fourth-order valence-corrected chi connectivity index (χ4v) is 6.03. The molecule has 0 unspecified atom stereocenters. The first-order valence-corrected chi connectivity index (χ1v) is 15.6. The zero-order valence-electron chi connectivity index (χ0n) is 27.0. The molecule has 2 aromatic heterocycles. The molecule has 2 aromatic carbocycles. The zero-order chi connectivity index (χ0) is 33.0. The van der Waals surface area contributed by atoms with Gasteiger partial charge < -0.3 is 19.4 Å². The molecule has 2 aliphatic rings. The molecule has 0 radical (unpaired) electrons. The number of nitrogens with zero attached hydrogens (tertiary/aromatic N) is 4. The minimum Gasteiger partial charge on any atom is -0.444 e. The van der Waals surface area contributed by atoms with Gasteiger partial charge in [0, 0.05) is 13.0 Å². The van der Waals surface area contributed by atoms with Crippen molar-refractivity contribution in [2.75, 3.05) is 13.1 Å². The number of aromatic nitrogens is 4. The van der Waals surface area contributed by atoms with Crippen LogP contribution in [0.4, 0.5) is 18.4 Å². The molecule has 4 heterocycles. The highest BCUT2D eigenvalue weighted by molar-refractivity contribution is 5.83. The highest BCUT2D eigenvalue weighted by Crippen LogP contribution is 2.41. The number of hydrogen-bond acceptors (Lipinski definition) is 6. The number of halogens is 2. The lowest BCUT2D eigenvalue weighted by Gasteiger charge is -2.27. The lowest BCUT2D eigenvalue weighted by molar-refractivity contribution is -0.00248. The summed E-state index contributed by atoms with van der Waals surface area (Å²) in [5.41, 5.74) is 3.58. The van der Waals surface area contributed by atoms with Gasteiger partial charge in [-0.2, -0.15) is 0 Å². The molecular weight excluding hydrogens is 594 g/mol. The Kier molecular flexibility index (Phi) is 7.80. The lowest BCUT2D eigenvalue weighted by atomic mass is 10.0. The van der Waals surface area contributed by atoms with E-state index in [0.29, 0.717) is 23.4 Å². The van der Waals surface area contributed by atoms with Crippen molar-refractivity contribution in [1.29, 1.82) is 0 Å². The second-order valence-electron chi connectivity index (χ2n) is 14.1. The minimum absolute atomic E-state index is 0.166. The van der Waals surface area contributed by atoms with E-state index < -0.39 is 42.2 Å². The predicted molar refractivity (Wildman–Crippen MR) is 169 cm³/mol. The number of H-pyrrole nitrogens is 2. The summed E-state index contributed by atoms with van der Waals surface area (Å²) in [5.74, 6) is -2.02. The first-order valence-electron chi connectivity index (χ1n) is 15.6. The molecule has 4 aromatic rings. The second-order valence-corrected chi connectivity index (χ2v) is 14.1. The highest BCUT2D eigenvalue weighted by atomic mass is 19.3. The molecule has 10 nitrogen and oxygen atoms in total. The number of nitrogens with one attached hydrogen (secondary N) is 2. The molecule has 0 bridgehead atoms. The molecule has 2 fully saturated rings. The van der Waals surface area contributed by atoms with Crippen molar-refractivity contribution in [2.45, 2.75) is 90.0 Å². The Labute approximate surface area is 266 Å². The van der Waals surface area contributed by atoms with Crippen LogP contribution in [-0.4, -0.2) is 72.1 Å². The lowest BCUT2D eigenvalue weighted by Crippen LogP contribution is -2.38. The number of imidazole rings is 2. The molecule has 46 heavy (non-hydrogen) atoms. The van der Waals surface area contributed by atoms with Gasteiger partial charge >= 0.3 is 12.2 Å². The number of aromatic amines is 2. The second kappa shape index (κ2) is 11.4. The number of hydrogen-bond donors (Lipinski definition) is 2. The van der Waals surface area contributed by atoms with Gasteiger partial charge in [-0.3, -0.25) is 9.80 Å². The smallest absolute Gasteiger partial charge is 0.411 e. The number of likely N-dealkylation sites (tertiary alicyclic amines) is 2. The highest BCUT2D eigenvalue weighted by Gasteiger charge is 2.50. The molecule has 12 heteroatoms. The van der Waals surface area contributed by atoms with E-state index in [0.717, 1.165) is 46.0 Å². The number of rotatable bonds is 4. The number of benzene rings is 2. The Morgan fingerprint density at radius 3 is 2.15 bits per heavy atom. The maximum Gasteiger partial charge on any atom is 0.411 e. The van der Waals surface area contributed by atoms with Crippen LogP contribution in [0.2, 0.25) is 0 Å². The van der Waals surface area contributed by atoms with E-state index in [9.17, 15) is 18.4 Å². The summed E-state index contributed by atoms with van der Waals surface area (Å²) in [4.78, 5) is 44.1. The largest absolute Gasteiger partial charge is 0.444 e. The summed E-state index contributed by atoms with van der Waals surface area (Å²) in [5, 5.41) is 0. The van der Waals surface area contributed by atoms with Crippen LogP contribution < -0.4 is 0 Å². The van der Waals surface area contributed by atoms with Crippen LogP contribution in [-0.2, 0) is 9.47 Å². The maximum atomic E-state index is 14.5. The van der Waals surface area contributed by atoms with Crippen LogP contribution in [0.15, 0.2) is 48.7 Å². The Hall–Kier alpha value is -4.48. The predicted octanol–water partition coefficient (Wildman–Crippen LogP) is 8.01. The quantitative estimate of drug-likeness (QED) is 0.235. The van der Waals surface area contributed by atoms with Gasteiger partial charge in [0.05, 0.1) is 41.6 Å². The van der Waals surface area contributed by atoms with E-state index in [1.165, 1.54) is 0 Å². The molecule has 0 saturated carbocycles. The van der Waals surface area contributed by atoms with E-state index in [-0.39, 0.29) is 12.1 Å². The first kappa shape index (κ1) is 31.5. The van der Waals surface area contributed by atoms with E-state index in [1.807, 2.05) is 63.2 Å².